The number of hydrogen-bond donors (Lipinski definition) is 1. The van der Waals surface area contributed by atoms with Gasteiger partial charge in [0, 0.05) is 17.0 Å². The molecule has 2 aromatic carbocycles. The van der Waals surface area contributed by atoms with E-state index in [1.165, 1.54) is 0 Å². The second-order valence-electron chi connectivity index (χ2n) is 4.32. The summed E-state index contributed by atoms with van der Waals surface area (Å²) in [6, 6.07) is 9.96. The van der Waals surface area contributed by atoms with Gasteiger partial charge in [-0.05, 0) is 45.8 Å². The zero-order valence-electron chi connectivity index (χ0n) is 10.7. The van der Waals surface area contributed by atoms with Gasteiger partial charge in [-0.3, -0.25) is 0 Å². The Morgan fingerprint density at radius 3 is 2.80 bits per heavy atom. The third kappa shape index (κ3) is 3.32. The van der Waals surface area contributed by atoms with Crippen molar-refractivity contribution in [1.29, 1.82) is 0 Å². The summed E-state index contributed by atoms with van der Waals surface area (Å²) in [7, 11) is 1.54. The third-order valence-electron chi connectivity index (χ3n) is 3.00. The van der Waals surface area contributed by atoms with E-state index >= 15 is 0 Å². The van der Waals surface area contributed by atoms with Gasteiger partial charge in [0.15, 0.2) is 0 Å². The molecule has 0 aliphatic rings. The van der Waals surface area contributed by atoms with Crippen LogP contribution in [0.25, 0.3) is 0 Å². The summed E-state index contributed by atoms with van der Waals surface area (Å²) in [5, 5.41) is 10.8. The Hall–Kier alpha value is -1.10. The van der Waals surface area contributed by atoms with Crippen LogP contribution in [-0.2, 0) is 6.42 Å². The highest BCUT2D eigenvalue weighted by Gasteiger charge is 2.17. The summed E-state index contributed by atoms with van der Waals surface area (Å²) in [4.78, 5) is 0. The molecule has 0 fully saturated rings. The summed E-state index contributed by atoms with van der Waals surface area (Å²) in [6.07, 6.45) is -0.753. The van der Waals surface area contributed by atoms with Gasteiger partial charge in [-0.2, -0.15) is 0 Å². The van der Waals surface area contributed by atoms with Crippen LogP contribution in [0, 0.1) is 5.82 Å². The zero-order valence-corrected chi connectivity index (χ0v) is 13.1. The number of hydrogen-bond acceptors (Lipinski definition) is 2. The molecule has 0 amide bonds. The summed E-state index contributed by atoms with van der Waals surface area (Å²) in [5.41, 5.74) is 0.966. The van der Waals surface area contributed by atoms with Gasteiger partial charge in [0.05, 0.1) is 17.7 Å². The molecule has 0 aliphatic heterocycles. The molecule has 0 aliphatic carbocycles. The summed E-state index contributed by atoms with van der Waals surface area (Å²) >= 11 is 9.05. The Morgan fingerprint density at radius 1 is 1.35 bits per heavy atom. The van der Waals surface area contributed by atoms with Crippen LogP contribution in [0.5, 0.6) is 5.75 Å². The van der Waals surface area contributed by atoms with Crippen LogP contribution in [0.3, 0.4) is 0 Å². The Morgan fingerprint density at radius 2 is 2.10 bits per heavy atom. The molecule has 0 saturated carbocycles. The molecule has 5 heteroatoms. The molecule has 2 nitrogen and oxygen atoms in total. The Labute approximate surface area is 130 Å². The van der Waals surface area contributed by atoms with E-state index in [4.69, 9.17) is 16.3 Å². The first-order valence-electron chi connectivity index (χ1n) is 5.97. The first-order valence-corrected chi connectivity index (χ1v) is 7.14. The van der Waals surface area contributed by atoms with E-state index in [0.717, 1.165) is 5.56 Å². The lowest BCUT2D eigenvalue weighted by molar-refractivity contribution is 0.172. The number of aliphatic hydroxyl groups is 1. The van der Waals surface area contributed by atoms with E-state index in [9.17, 15) is 9.50 Å². The number of aliphatic hydroxyl groups excluding tert-OH is 1. The Kier molecular flexibility index (Phi) is 5.02. The standard InChI is InChI=1S/C15H13BrClFO2/c1-20-14-6-5-10(17)7-9(14)8-13(19)11-3-2-4-12(16)15(11)18/h2-7,13,19H,8H2,1H3. The molecule has 0 bridgehead atoms. The molecule has 0 saturated heterocycles. The van der Waals surface area contributed by atoms with Crippen molar-refractivity contribution in [3.8, 4) is 5.75 Å². The van der Waals surface area contributed by atoms with Gasteiger partial charge < -0.3 is 9.84 Å². The first-order chi connectivity index (χ1) is 9.52. The minimum atomic E-state index is -0.972. The minimum absolute atomic E-state index is 0.219. The van der Waals surface area contributed by atoms with Gasteiger partial charge in [-0.15, -0.1) is 0 Å². The van der Waals surface area contributed by atoms with Crippen LogP contribution in [0.15, 0.2) is 40.9 Å². The van der Waals surface area contributed by atoms with Gasteiger partial charge in [0.1, 0.15) is 11.6 Å². The molecule has 2 aromatic rings. The summed E-state index contributed by atoms with van der Waals surface area (Å²) in [5.74, 6) is 0.157. The van der Waals surface area contributed by atoms with Crippen molar-refractivity contribution in [3.63, 3.8) is 0 Å². The van der Waals surface area contributed by atoms with E-state index in [1.54, 1.807) is 43.5 Å². The third-order valence-corrected chi connectivity index (χ3v) is 3.84. The van der Waals surface area contributed by atoms with Crippen LogP contribution in [0.2, 0.25) is 5.02 Å². The fraction of sp³-hybridized carbons (Fsp3) is 0.200. The van der Waals surface area contributed by atoms with Crippen molar-refractivity contribution in [2.75, 3.05) is 7.11 Å². The number of benzene rings is 2. The van der Waals surface area contributed by atoms with Gasteiger partial charge in [0.25, 0.3) is 0 Å². The predicted molar refractivity (Wildman–Crippen MR) is 80.8 cm³/mol. The average molecular weight is 360 g/mol. The van der Waals surface area contributed by atoms with Crippen LogP contribution < -0.4 is 4.74 Å². The molecule has 1 atom stereocenters. The first kappa shape index (κ1) is 15.3. The van der Waals surface area contributed by atoms with Crippen molar-refractivity contribution in [1.82, 2.24) is 0 Å². The summed E-state index contributed by atoms with van der Waals surface area (Å²) < 4.78 is 19.5. The molecule has 20 heavy (non-hydrogen) atoms. The molecule has 106 valence electrons. The highest BCUT2D eigenvalue weighted by atomic mass is 79.9. The maximum Gasteiger partial charge on any atom is 0.143 e. The molecule has 1 unspecified atom stereocenters. The lowest BCUT2D eigenvalue weighted by atomic mass is 10.0. The van der Waals surface area contributed by atoms with Gasteiger partial charge in [-0.25, -0.2) is 4.39 Å². The van der Waals surface area contributed by atoms with E-state index in [-0.39, 0.29) is 12.0 Å². The minimum Gasteiger partial charge on any atom is -0.496 e. The average Bonchev–Trinajstić information content (AvgIpc) is 2.42. The number of halogens is 3. The number of rotatable bonds is 4. The molecule has 0 heterocycles. The summed E-state index contributed by atoms with van der Waals surface area (Å²) in [6.45, 7) is 0. The fourth-order valence-electron chi connectivity index (χ4n) is 2.00. The molecular weight excluding hydrogens is 347 g/mol. The lowest BCUT2D eigenvalue weighted by Crippen LogP contribution is -2.06. The topological polar surface area (TPSA) is 29.5 Å². The monoisotopic (exact) mass is 358 g/mol. The molecule has 2 rings (SSSR count). The lowest BCUT2D eigenvalue weighted by Gasteiger charge is -2.15. The highest BCUT2D eigenvalue weighted by molar-refractivity contribution is 9.10. The molecule has 0 radical (unpaired) electrons. The van der Waals surface area contributed by atoms with Gasteiger partial charge in [-0.1, -0.05) is 23.7 Å². The highest BCUT2D eigenvalue weighted by Crippen LogP contribution is 2.30. The largest absolute Gasteiger partial charge is 0.496 e. The van der Waals surface area contributed by atoms with Crippen LogP contribution in [-0.4, -0.2) is 12.2 Å². The fourth-order valence-corrected chi connectivity index (χ4v) is 2.58. The number of methoxy groups -OCH3 is 1. The van der Waals surface area contributed by atoms with E-state index < -0.39 is 11.9 Å². The van der Waals surface area contributed by atoms with Gasteiger partial charge >= 0.3 is 0 Å². The van der Waals surface area contributed by atoms with E-state index in [0.29, 0.717) is 15.2 Å². The van der Waals surface area contributed by atoms with Crippen molar-refractivity contribution < 1.29 is 14.2 Å². The smallest absolute Gasteiger partial charge is 0.143 e. The zero-order chi connectivity index (χ0) is 14.7. The van der Waals surface area contributed by atoms with Gasteiger partial charge in [0.2, 0.25) is 0 Å². The molecule has 0 spiro atoms. The molecule has 1 N–H and O–H groups in total. The molecular formula is C15H13BrClFO2. The Balaban J connectivity index is 2.30. The normalized spacial score (nSPS) is 12.2. The number of ether oxygens (including phenoxy) is 1. The van der Waals surface area contributed by atoms with Crippen molar-refractivity contribution in [2.45, 2.75) is 12.5 Å². The van der Waals surface area contributed by atoms with E-state index in [2.05, 4.69) is 15.9 Å². The second-order valence-corrected chi connectivity index (χ2v) is 5.61. The van der Waals surface area contributed by atoms with Crippen molar-refractivity contribution in [2.24, 2.45) is 0 Å². The van der Waals surface area contributed by atoms with Crippen LogP contribution in [0.4, 0.5) is 4.39 Å². The van der Waals surface area contributed by atoms with Crippen molar-refractivity contribution >= 4 is 27.5 Å². The van der Waals surface area contributed by atoms with Crippen molar-refractivity contribution in [3.05, 3.63) is 62.8 Å². The second kappa shape index (κ2) is 6.57. The van der Waals surface area contributed by atoms with E-state index in [1.807, 2.05) is 0 Å². The maximum absolute atomic E-state index is 14.0. The predicted octanol–water partition coefficient (Wildman–Crippen LogP) is 4.53. The van der Waals surface area contributed by atoms with Crippen LogP contribution >= 0.6 is 27.5 Å². The molecule has 0 aromatic heterocycles. The van der Waals surface area contributed by atoms with Crippen LogP contribution in [0.1, 0.15) is 17.2 Å². The quantitative estimate of drug-likeness (QED) is 0.869. The Bertz CT molecular complexity index is 619. The maximum atomic E-state index is 14.0. The SMILES string of the molecule is COc1ccc(Cl)cc1CC(O)c1cccc(Br)c1F.